The fourth-order valence-electron chi connectivity index (χ4n) is 3.19. The third-order valence-corrected chi connectivity index (χ3v) is 4.14. The average molecular weight is 231 g/mol. The highest BCUT2D eigenvalue weighted by molar-refractivity contribution is 5.50. The second-order valence-corrected chi connectivity index (χ2v) is 5.14. The van der Waals surface area contributed by atoms with Crippen molar-refractivity contribution in [2.24, 2.45) is 0 Å². The van der Waals surface area contributed by atoms with Crippen molar-refractivity contribution in [2.75, 3.05) is 37.6 Å². The van der Waals surface area contributed by atoms with Gasteiger partial charge in [-0.05, 0) is 38.1 Å². The molecule has 0 unspecified atom stereocenters. The average Bonchev–Trinajstić information content (AvgIpc) is 2.41. The summed E-state index contributed by atoms with van der Waals surface area (Å²) in [6.07, 6.45) is 2.49. The Bertz CT molecular complexity index is 349. The van der Waals surface area contributed by atoms with Crippen LogP contribution in [0.3, 0.4) is 0 Å². The van der Waals surface area contributed by atoms with Crippen LogP contribution in [0.1, 0.15) is 12.8 Å². The number of benzene rings is 1. The van der Waals surface area contributed by atoms with E-state index in [1.54, 1.807) is 0 Å². The number of piperazine rings is 1. The predicted molar refractivity (Wildman–Crippen MR) is 71.5 cm³/mol. The molecule has 3 heteroatoms. The van der Waals surface area contributed by atoms with E-state index < -0.39 is 0 Å². The summed E-state index contributed by atoms with van der Waals surface area (Å²) >= 11 is 0. The number of nitrogens with one attached hydrogen (secondary N) is 2. The molecule has 2 N–H and O–H groups in total. The zero-order valence-electron chi connectivity index (χ0n) is 10.3. The monoisotopic (exact) mass is 231 g/mol. The number of para-hydroxylation sites is 1. The van der Waals surface area contributed by atoms with Crippen molar-refractivity contribution < 1.29 is 0 Å². The molecule has 2 saturated heterocycles. The zero-order chi connectivity index (χ0) is 11.6. The Kier molecular flexibility index (Phi) is 3.04. The van der Waals surface area contributed by atoms with E-state index in [1.807, 2.05) is 0 Å². The molecule has 2 aliphatic rings. The number of nitrogens with zero attached hydrogens (tertiary/aromatic N) is 1. The van der Waals surface area contributed by atoms with Crippen molar-refractivity contribution >= 4 is 5.69 Å². The van der Waals surface area contributed by atoms with E-state index in [-0.39, 0.29) is 0 Å². The summed E-state index contributed by atoms with van der Waals surface area (Å²) in [4.78, 5) is 2.63. The summed E-state index contributed by atoms with van der Waals surface area (Å²) in [6.45, 7) is 5.65. The van der Waals surface area contributed by atoms with Crippen molar-refractivity contribution in [3.63, 3.8) is 0 Å². The molecule has 0 radical (unpaired) electrons. The minimum Gasteiger partial charge on any atom is -0.363 e. The summed E-state index contributed by atoms with van der Waals surface area (Å²) in [7, 11) is 0. The quantitative estimate of drug-likeness (QED) is 0.761. The van der Waals surface area contributed by atoms with Crippen molar-refractivity contribution in [1.29, 1.82) is 0 Å². The smallest absolute Gasteiger partial charge is 0.0551 e. The van der Waals surface area contributed by atoms with Crippen LogP contribution in [0, 0.1) is 0 Å². The van der Waals surface area contributed by atoms with E-state index in [1.165, 1.54) is 18.5 Å². The lowest BCUT2D eigenvalue weighted by molar-refractivity contribution is 0.252. The van der Waals surface area contributed by atoms with Crippen LogP contribution < -0.4 is 15.5 Å². The van der Waals surface area contributed by atoms with Crippen molar-refractivity contribution in [3.05, 3.63) is 30.3 Å². The molecular weight excluding hydrogens is 210 g/mol. The van der Waals surface area contributed by atoms with E-state index in [9.17, 15) is 0 Å². The first kappa shape index (κ1) is 11.1. The van der Waals surface area contributed by atoms with Gasteiger partial charge in [-0.3, -0.25) is 0 Å². The lowest BCUT2D eigenvalue weighted by Gasteiger charge is -2.51. The van der Waals surface area contributed by atoms with Crippen LogP contribution in [-0.4, -0.2) is 38.3 Å². The highest BCUT2D eigenvalue weighted by Gasteiger charge is 2.39. The first-order valence-corrected chi connectivity index (χ1v) is 6.65. The number of anilines is 1. The lowest BCUT2D eigenvalue weighted by Crippen LogP contribution is -2.64. The largest absolute Gasteiger partial charge is 0.363 e. The van der Waals surface area contributed by atoms with E-state index >= 15 is 0 Å². The van der Waals surface area contributed by atoms with Gasteiger partial charge in [0.25, 0.3) is 0 Å². The molecule has 1 spiro atoms. The molecule has 3 rings (SSSR count). The van der Waals surface area contributed by atoms with Gasteiger partial charge in [-0.2, -0.15) is 0 Å². The predicted octanol–water partition coefficient (Wildman–Crippen LogP) is 1.22. The summed E-state index contributed by atoms with van der Waals surface area (Å²) in [5.74, 6) is 0. The third-order valence-electron chi connectivity index (χ3n) is 4.14. The van der Waals surface area contributed by atoms with Gasteiger partial charge >= 0.3 is 0 Å². The molecule has 0 bridgehead atoms. The van der Waals surface area contributed by atoms with Crippen molar-refractivity contribution in [3.8, 4) is 0 Å². The normalized spacial score (nSPS) is 23.9. The number of hydrogen-bond donors (Lipinski definition) is 2. The lowest BCUT2D eigenvalue weighted by atomic mass is 9.84. The number of hydrogen-bond acceptors (Lipinski definition) is 3. The van der Waals surface area contributed by atoms with Crippen LogP contribution in [-0.2, 0) is 0 Å². The maximum absolute atomic E-state index is 3.58. The van der Waals surface area contributed by atoms with E-state index in [4.69, 9.17) is 0 Å². The van der Waals surface area contributed by atoms with Crippen LogP contribution in [0.25, 0.3) is 0 Å². The molecule has 0 aliphatic carbocycles. The Hall–Kier alpha value is -1.06. The molecule has 1 aromatic carbocycles. The summed E-state index contributed by atoms with van der Waals surface area (Å²) < 4.78 is 0. The third kappa shape index (κ3) is 2.05. The topological polar surface area (TPSA) is 27.3 Å². The van der Waals surface area contributed by atoms with Gasteiger partial charge in [0.05, 0.1) is 5.54 Å². The molecule has 2 aliphatic heterocycles. The minimum absolute atomic E-state index is 0.338. The first-order chi connectivity index (χ1) is 8.41. The van der Waals surface area contributed by atoms with Gasteiger partial charge in [0, 0.05) is 25.3 Å². The van der Waals surface area contributed by atoms with Crippen molar-refractivity contribution in [1.82, 2.24) is 10.6 Å². The van der Waals surface area contributed by atoms with E-state index in [0.717, 1.165) is 32.7 Å². The molecule has 0 saturated carbocycles. The molecular formula is C14H21N3. The Morgan fingerprint density at radius 1 is 0.941 bits per heavy atom. The molecule has 2 fully saturated rings. The number of rotatable bonds is 1. The molecule has 2 heterocycles. The SMILES string of the molecule is c1ccc(N2CCNCC23CCNCC3)cc1. The van der Waals surface area contributed by atoms with Gasteiger partial charge in [-0.15, -0.1) is 0 Å². The maximum atomic E-state index is 3.58. The summed E-state index contributed by atoms with van der Waals surface area (Å²) in [5.41, 5.74) is 1.72. The minimum atomic E-state index is 0.338. The van der Waals surface area contributed by atoms with Gasteiger partial charge in [0.2, 0.25) is 0 Å². The van der Waals surface area contributed by atoms with Gasteiger partial charge in [0.15, 0.2) is 0 Å². The first-order valence-electron chi connectivity index (χ1n) is 6.65. The number of piperidine rings is 1. The summed E-state index contributed by atoms with van der Waals surface area (Å²) in [5, 5.41) is 7.05. The van der Waals surface area contributed by atoms with Gasteiger partial charge in [-0.25, -0.2) is 0 Å². The van der Waals surface area contributed by atoms with Gasteiger partial charge in [-0.1, -0.05) is 18.2 Å². The van der Waals surface area contributed by atoms with Crippen LogP contribution in [0.5, 0.6) is 0 Å². The fraction of sp³-hybridized carbons (Fsp3) is 0.571. The second kappa shape index (κ2) is 4.67. The van der Waals surface area contributed by atoms with Gasteiger partial charge < -0.3 is 15.5 Å². The highest BCUT2D eigenvalue weighted by Crippen LogP contribution is 2.32. The Balaban J connectivity index is 1.89. The van der Waals surface area contributed by atoms with Crippen LogP contribution in [0.15, 0.2) is 30.3 Å². The Labute approximate surface area is 103 Å². The molecule has 0 amide bonds. The molecule has 1 aromatic rings. The molecule has 92 valence electrons. The molecule has 0 atom stereocenters. The Morgan fingerprint density at radius 3 is 2.47 bits per heavy atom. The maximum Gasteiger partial charge on any atom is 0.0551 e. The molecule has 3 nitrogen and oxygen atoms in total. The zero-order valence-corrected chi connectivity index (χ0v) is 10.3. The van der Waals surface area contributed by atoms with Crippen LogP contribution >= 0.6 is 0 Å². The fourth-order valence-corrected chi connectivity index (χ4v) is 3.19. The molecule has 17 heavy (non-hydrogen) atoms. The Morgan fingerprint density at radius 2 is 1.71 bits per heavy atom. The van der Waals surface area contributed by atoms with Crippen LogP contribution in [0.2, 0.25) is 0 Å². The van der Waals surface area contributed by atoms with E-state index in [0.29, 0.717) is 5.54 Å². The standard InChI is InChI=1S/C14H21N3/c1-2-4-13(5-3-1)17-11-10-16-12-14(17)6-8-15-9-7-14/h1-5,15-16H,6-12H2. The highest BCUT2D eigenvalue weighted by atomic mass is 15.3. The molecule has 0 aromatic heterocycles. The second-order valence-electron chi connectivity index (χ2n) is 5.14. The summed E-state index contributed by atoms with van der Waals surface area (Å²) in [6, 6.07) is 10.9. The van der Waals surface area contributed by atoms with Crippen molar-refractivity contribution in [2.45, 2.75) is 18.4 Å². The van der Waals surface area contributed by atoms with Gasteiger partial charge in [0.1, 0.15) is 0 Å². The van der Waals surface area contributed by atoms with E-state index in [2.05, 4.69) is 45.9 Å². The van der Waals surface area contributed by atoms with Crippen LogP contribution in [0.4, 0.5) is 5.69 Å².